The minimum atomic E-state index is -0.105. The lowest BCUT2D eigenvalue weighted by atomic mass is 10.1. The number of nitrogens with zero attached hydrogens (tertiary/aromatic N) is 1. The Hall–Kier alpha value is -2.33. The molecule has 2 amide bonds. The Morgan fingerprint density at radius 1 is 1.09 bits per heavy atom. The van der Waals surface area contributed by atoms with Gasteiger partial charge < -0.3 is 15.3 Å². The molecular weight excluding hydrogens is 288 g/mol. The zero-order valence-corrected chi connectivity index (χ0v) is 13.1. The van der Waals surface area contributed by atoms with Gasteiger partial charge in [0.1, 0.15) is 0 Å². The second-order valence-electron chi connectivity index (χ2n) is 5.94. The highest BCUT2D eigenvalue weighted by atomic mass is 16.3. The fourth-order valence-corrected chi connectivity index (χ4v) is 2.85. The summed E-state index contributed by atoms with van der Waals surface area (Å²) in [6.45, 7) is 0.812. The van der Waals surface area contributed by atoms with E-state index in [2.05, 4.69) is 17.4 Å². The average molecular weight is 310 g/mol. The third-order valence-corrected chi connectivity index (χ3v) is 4.20. The van der Waals surface area contributed by atoms with Crippen LogP contribution in [-0.4, -0.2) is 35.2 Å². The van der Waals surface area contributed by atoms with Crippen LogP contribution < -0.4 is 5.32 Å². The zero-order chi connectivity index (χ0) is 16.1. The number of aliphatic hydroxyl groups is 1. The van der Waals surface area contributed by atoms with Crippen molar-refractivity contribution in [1.29, 1.82) is 0 Å². The van der Waals surface area contributed by atoms with Gasteiger partial charge in [-0.3, -0.25) is 0 Å². The highest BCUT2D eigenvalue weighted by Gasteiger charge is 2.40. The van der Waals surface area contributed by atoms with Gasteiger partial charge in [0, 0.05) is 25.0 Å². The normalized spacial score (nSPS) is 19.2. The molecule has 0 bridgehead atoms. The highest BCUT2D eigenvalue weighted by Crippen LogP contribution is 2.40. The number of amides is 2. The van der Waals surface area contributed by atoms with Crippen molar-refractivity contribution in [3.63, 3.8) is 0 Å². The van der Waals surface area contributed by atoms with Crippen LogP contribution >= 0.6 is 0 Å². The van der Waals surface area contributed by atoms with Crippen LogP contribution in [0.25, 0.3) is 0 Å². The minimum Gasteiger partial charge on any atom is -0.395 e. The topological polar surface area (TPSA) is 52.6 Å². The molecule has 4 nitrogen and oxygen atoms in total. The molecule has 0 radical (unpaired) electrons. The van der Waals surface area contributed by atoms with E-state index in [-0.39, 0.29) is 18.7 Å². The van der Waals surface area contributed by atoms with E-state index < -0.39 is 0 Å². The monoisotopic (exact) mass is 310 g/mol. The molecule has 0 aliphatic heterocycles. The number of aliphatic hydroxyl groups excluding tert-OH is 1. The van der Waals surface area contributed by atoms with Crippen LogP contribution in [0.4, 0.5) is 4.79 Å². The van der Waals surface area contributed by atoms with E-state index in [1.807, 2.05) is 48.5 Å². The van der Waals surface area contributed by atoms with E-state index >= 15 is 0 Å². The maximum Gasteiger partial charge on any atom is 0.318 e. The fourth-order valence-electron chi connectivity index (χ4n) is 2.85. The van der Waals surface area contributed by atoms with Crippen molar-refractivity contribution in [3.05, 3.63) is 71.8 Å². The standard InChI is InChI=1S/C19H22N2O2/c22-12-11-21(14-15-7-3-1-4-8-15)19(23)20-18-13-17(18)16-9-5-2-6-10-16/h1-10,17-18,22H,11-14H2,(H,20,23). The smallest absolute Gasteiger partial charge is 0.318 e. The van der Waals surface area contributed by atoms with Crippen molar-refractivity contribution in [2.24, 2.45) is 0 Å². The first-order valence-electron chi connectivity index (χ1n) is 8.03. The van der Waals surface area contributed by atoms with Crippen molar-refractivity contribution in [2.75, 3.05) is 13.2 Å². The zero-order valence-electron chi connectivity index (χ0n) is 13.1. The number of benzene rings is 2. The molecule has 120 valence electrons. The molecule has 2 aromatic carbocycles. The molecule has 23 heavy (non-hydrogen) atoms. The summed E-state index contributed by atoms with van der Waals surface area (Å²) in [7, 11) is 0. The Labute approximate surface area is 136 Å². The number of rotatable bonds is 6. The quantitative estimate of drug-likeness (QED) is 0.862. The fraction of sp³-hybridized carbons (Fsp3) is 0.316. The third-order valence-electron chi connectivity index (χ3n) is 4.20. The molecule has 0 spiro atoms. The Morgan fingerprint density at radius 2 is 1.74 bits per heavy atom. The van der Waals surface area contributed by atoms with Crippen molar-refractivity contribution in [1.82, 2.24) is 10.2 Å². The number of urea groups is 1. The maximum atomic E-state index is 12.5. The van der Waals surface area contributed by atoms with Crippen LogP contribution in [-0.2, 0) is 6.54 Å². The summed E-state index contributed by atoms with van der Waals surface area (Å²) in [5.74, 6) is 0.410. The SMILES string of the molecule is O=C(NC1CC1c1ccccc1)N(CCO)Cc1ccccc1. The lowest BCUT2D eigenvalue weighted by Gasteiger charge is -2.22. The molecule has 1 aliphatic carbocycles. The molecular formula is C19H22N2O2. The summed E-state index contributed by atoms with van der Waals surface area (Å²) in [6, 6.07) is 20.2. The highest BCUT2D eigenvalue weighted by molar-refractivity contribution is 5.75. The van der Waals surface area contributed by atoms with E-state index in [1.165, 1.54) is 5.56 Å². The van der Waals surface area contributed by atoms with Gasteiger partial charge in [0.15, 0.2) is 0 Å². The van der Waals surface area contributed by atoms with E-state index in [9.17, 15) is 9.90 Å². The molecule has 3 rings (SSSR count). The number of carbonyl (C=O) groups excluding carboxylic acids is 1. The Morgan fingerprint density at radius 3 is 2.39 bits per heavy atom. The van der Waals surface area contributed by atoms with Crippen molar-refractivity contribution >= 4 is 6.03 Å². The molecule has 0 saturated heterocycles. The van der Waals surface area contributed by atoms with Crippen LogP contribution in [0.5, 0.6) is 0 Å². The van der Waals surface area contributed by atoms with Crippen molar-refractivity contribution in [3.8, 4) is 0 Å². The van der Waals surface area contributed by atoms with Crippen molar-refractivity contribution in [2.45, 2.75) is 24.9 Å². The molecule has 1 fully saturated rings. The summed E-state index contributed by atoms with van der Waals surface area (Å²) in [6.07, 6.45) is 0.980. The number of nitrogens with one attached hydrogen (secondary N) is 1. The minimum absolute atomic E-state index is 0.0347. The van der Waals surface area contributed by atoms with Gasteiger partial charge >= 0.3 is 6.03 Å². The van der Waals surface area contributed by atoms with Crippen LogP contribution in [0.1, 0.15) is 23.5 Å². The molecule has 0 aromatic heterocycles. The summed E-state index contributed by atoms with van der Waals surface area (Å²) in [5, 5.41) is 12.3. The van der Waals surface area contributed by atoms with Gasteiger partial charge in [0.25, 0.3) is 0 Å². The number of hydrogen-bond acceptors (Lipinski definition) is 2. The number of hydrogen-bond donors (Lipinski definition) is 2. The first kappa shape index (κ1) is 15.6. The average Bonchev–Trinajstić information content (AvgIpc) is 3.35. The number of carbonyl (C=O) groups is 1. The van der Waals surface area contributed by atoms with Gasteiger partial charge in [0.2, 0.25) is 0 Å². The Balaban J connectivity index is 1.57. The van der Waals surface area contributed by atoms with Crippen LogP contribution in [0.15, 0.2) is 60.7 Å². The van der Waals surface area contributed by atoms with Gasteiger partial charge in [0.05, 0.1) is 6.61 Å². The molecule has 2 unspecified atom stereocenters. The molecule has 2 aromatic rings. The van der Waals surface area contributed by atoms with E-state index in [0.717, 1.165) is 12.0 Å². The van der Waals surface area contributed by atoms with Gasteiger partial charge in [-0.25, -0.2) is 4.79 Å². The van der Waals surface area contributed by atoms with Crippen LogP contribution in [0.3, 0.4) is 0 Å². The predicted molar refractivity (Wildman–Crippen MR) is 90.1 cm³/mol. The molecule has 1 aliphatic rings. The molecule has 4 heteroatoms. The summed E-state index contributed by atoms with van der Waals surface area (Å²) in [4.78, 5) is 14.1. The van der Waals surface area contributed by atoms with E-state index in [1.54, 1.807) is 4.90 Å². The second-order valence-corrected chi connectivity index (χ2v) is 5.94. The van der Waals surface area contributed by atoms with Gasteiger partial charge in [-0.2, -0.15) is 0 Å². The summed E-state index contributed by atoms with van der Waals surface area (Å²) >= 11 is 0. The molecule has 1 saturated carbocycles. The Kier molecular flexibility index (Phi) is 4.93. The molecule has 2 atom stereocenters. The predicted octanol–water partition coefficient (Wildman–Crippen LogP) is 2.75. The van der Waals surface area contributed by atoms with Crippen molar-refractivity contribution < 1.29 is 9.90 Å². The molecule has 2 N–H and O–H groups in total. The second kappa shape index (κ2) is 7.29. The summed E-state index contributed by atoms with van der Waals surface area (Å²) < 4.78 is 0. The first-order valence-corrected chi connectivity index (χ1v) is 8.03. The maximum absolute atomic E-state index is 12.5. The lowest BCUT2D eigenvalue weighted by molar-refractivity contribution is 0.173. The molecule has 0 heterocycles. The lowest BCUT2D eigenvalue weighted by Crippen LogP contribution is -2.42. The van der Waals surface area contributed by atoms with E-state index in [0.29, 0.717) is 19.0 Å². The van der Waals surface area contributed by atoms with Gasteiger partial charge in [-0.1, -0.05) is 60.7 Å². The summed E-state index contributed by atoms with van der Waals surface area (Å²) in [5.41, 5.74) is 2.33. The van der Waals surface area contributed by atoms with Gasteiger partial charge in [-0.15, -0.1) is 0 Å². The van der Waals surface area contributed by atoms with Crippen LogP contribution in [0, 0.1) is 0 Å². The van der Waals surface area contributed by atoms with Crippen LogP contribution in [0.2, 0.25) is 0 Å². The third kappa shape index (κ3) is 4.11. The first-order chi connectivity index (χ1) is 11.3. The Bertz CT molecular complexity index is 630. The van der Waals surface area contributed by atoms with Gasteiger partial charge in [-0.05, 0) is 17.5 Å². The van der Waals surface area contributed by atoms with E-state index in [4.69, 9.17) is 0 Å². The largest absolute Gasteiger partial charge is 0.395 e.